The molecule has 1 unspecified atom stereocenters. The molecule has 140 valence electrons. The van der Waals surface area contributed by atoms with Crippen molar-refractivity contribution in [1.29, 1.82) is 5.26 Å². The maximum absolute atomic E-state index is 13.1. The average molecular weight is 372 g/mol. The molecule has 28 heavy (non-hydrogen) atoms. The van der Waals surface area contributed by atoms with Crippen molar-refractivity contribution in [3.05, 3.63) is 98.3 Å². The standard InChI is InChI=1S/C23H20N2O3/c1-14-8-7-11-18(12-14)21(26)20-15(2)19(13-24)22(27)25(23(20)28)16(3)17-9-5-4-6-10-17/h4-12,16,28H,1-3H3. The Bertz CT molecular complexity index is 1150. The van der Waals surface area contributed by atoms with Gasteiger partial charge >= 0.3 is 0 Å². The SMILES string of the molecule is Cc1cccc(C(=O)c2c(C)c(C#N)c(=O)n(C(C)c3ccccc3)c2O)c1. The van der Waals surface area contributed by atoms with Gasteiger partial charge in [0.15, 0.2) is 5.78 Å². The first kappa shape index (κ1) is 19.1. The van der Waals surface area contributed by atoms with Gasteiger partial charge in [-0.3, -0.25) is 14.2 Å². The fourth-order valence-electron chi connectivity index (χ4n) is 3.36. The lowest BCUT2D eigenvalue weighted by atomic mass is 9.95. The maximum Gasteiger partial charge on any atom is 0.272 e. The summed E-state index contributed by atoms with van der Waals surface area (Å²) in [6, 6.07) is 17.5. The highest BCUT2D eigenvalue weighted by atomic mass is 16.3. The molecule has 1 aromatic heterocycles. The molecule has 0 fully saturated rings. The van der Waals surface area contributed by atoms with Crippen molar-refractivity contribution < 1.29 is 9.90 Å². The summed E-state index contributed by atoms with van der Waals surface area (Å²) in [5.41, 5.74) is 1.47. The van der Waals surface area contributed by atoms with E-state index in [4.69, 9.17) is 0 Å². The number of aromatic nitrogens is 1. The molecule has 3 rings (SSSR count). The number of nitriles is 1. The first-order chi connectivity index (χ1) is 13.4. The molecule has 0 bridgehead atoms. The second-order valence-corrected chi connectivity index (χ2v) is 6.77. The molecule has 2 aromatic carbocycles. The summed E-state index contributed by atoms with van der Waals surface area (Å²) in [6.45, 7) is 5.12. The number of rotatable bonds is 4. The lowest BCUT2D eigenvalue weighted by Crippen LogP contribution is -2.29. The van der Waals surface area contributed by atoms with E-state index in [1.807, 2.05) is 49.4 Å². The normalized spacial score (nSPS) is 11.6. The third kappa shape index (κ3) is 3.21. The molecule has 0 saturated heterocycles. The highest BCUT2D eigenvalue weighted by molar-refractivity contribution is 6.11. The number of carbonyl (C=O) groups is 1. The van der Waals surface area contributed by atoms with Crippen molar-refractivity contribution in [2.45, 2.75) is 26.8 Å². The molecule has 1 atom stereocenters. The predicted octanol–water partition coefficient (Wildman–Crippen LogP) is 3.88. The highest BCUT2D eigenvalue weighted by Crippen LogP contribution is 2.29. The number of carbonyl (C=O) groups excluding carboxylic acids is 1. The molecular weight excluding hydrogens is 352 g/mol. The molecule has 5 heteroatoms. The van der Waals surface area contributed by atoms with Crippen molar-refractivity contribution in [3.63, 3.8) is 0 Å². The van der Waals surface area contributed by atoms with Crippen molar-refractivity contribution in [1.82, 2.24) is 4.57 Å². The molecule has 1 heterocycles. The topological polar surface area (TPSA) is 83.1 Å². The first-order valence-electron chi connectivity index (χ1n) is 8.91. The van der Waals surface area contributed by atoms with Gasteiger partial charge in [0, 0.05) is 5.56 Å². The van der Waals surface area contributed by atoms with E-state index >= 15 is 0 Å². The average Bonchev–Trinajstić information content (AvgIpc) is 2.68. The molecule has 1 N–H and O–H groups in total. The largest absolute Gasteiger partial charge is 0.494 e. The van der Waals surface area contributed by atoms with Crippen LogP contribution in [-0.2, 0) is 0 Å². The number of aryl methyl sites for hydroxylation is 1. The van der Waals surface area contributed by atoms with E-state index in [0.29, 0.717) is 5.56 Å². The van der Waals surface area contributed by atoms with Gasteiger partial charge in [-0.1, -0.05) is 54.1 Å². The van der Waals surface area contributed by atoms with Crippen molar-refractivity contribution in [3.8, 4) is 11.9 Å². The maximum atomic E-state index is 13.1. The van der Waals surface area contributed by atoms with Crippen LogP contribution in [0.3, 0.4) is 0 Å². The van der Waals surface area contributed by atoms with Crippen LogP contribution in [0, 0.1) is 25.2 Å². The summed E-state index contributed by atoms with van der Waals surface area (Å²) in [4.78, 5) is 26.0. The minimum absolute atomic E-state index is 0.0236. The summed E-state index contributed by atoms with van der Waals surface area (Å²) >= 11 is 0. The number of benzene rings is 2. The molecule has 3 aromatic rings. The molecule has 5 nitrogen and oxygen atoms in total. The Morgan fingerprint density at radius 1 is 1.11 bits per heavy atom. The quantitative estimate of drug-likeness (QED) is 0.705. The van der Waals surface area contributed by atoms with E-state index in [1.54, 1.807) is 25.1 Å². The molecule has 0 aliphatic rings. The number of hydrogen-bond acceptors (Lipinski definition) is 4. The molecule has 0 radical (unpaired) electrons. The lowest BCUT2D eigenvalue weighted by molar-refractivity contribution is 0.103. The summed E-state index contributed by atoms with van der Waals surface area (Å²) in [7, 11) is 0. The van der Waals surface area contributed by atoms with Crippen LogP contribution in [0.1, 0.15) is 51.1 Å². The molecule has 0 aliphatic heterocycles. The summed E-state index contributed by atoms with van der Waals surface area (Å²) in [5.74, 6) is -0.853. The Hall–Kier alpha value is -3.65. The zero-order chi connectivity index (χ0) is 20.4. The van der Waals surface area contributed by atoms with Crippen LogP contribution in [0.4, 0.5) is 0 Å². The minimum atomic E-state index is -0.616. The molecule has 0 saturated carbocycles. The van der Waals surface area contributed by atoms with Gasteiger partial charge < -0.3 is 5.11 Å². The number of pyridine rings is 1. The van der Waals surface area contributed by atoms with Gasteiger partial charge in [0.1, 0.15) is 11.6 Å². The monoisotopic (exact) mass is 372 g/mol. The van der Waals surface area contributed by atoms with Crippen molar-refractivity contribution in [2.24, 2.45) is 0 Å². The zero-order valence-corrected chi connectivity index (χ0v) is 15.9. The fourth-order valence-corrected chi connectivity index (χ4v) is 3.36. The fraction of sp³-hybridized carbons (Fsp3) is 0.174. The Kier molecular flexibility index (Phi) is 5.14. The Balaban J connectivity index is 2.29. The van der Waals surface area contributed by atoms with E-state index in [9.17, 15) is 20.0 Å². The van der Waals surface area contributed by atoms with E-state index in [-0.39, 0.29) is 16.7 Å². The van der Waals surface area contributed by atoms with Crippen molar-refractivity contribution in [2.75, 3.05) is 0 Å². The molecule has 0 aliphatic carbocycles. The summed E-state index contributed by atoms with van der Waals surface area (Å²) in [6.07, 6.45) is 0. The highest BCUT2D eigenvalue weighted by Gasteiger charge is 2.27. The summed E-state index contributed by atoms with van der Waals surface area (Å²) in [5, 5.41) is 20.5. The molecule has 0 amide bonds. The van der Waals surface area contributed by atoms with Crippen LogP contribution in [-0.4, -0.2) is 15.5 Å². The van der Waals surface area contributed by atoms with E-state index in [2.05, 4.69) is 0 Å². The Morgan fingerprint density at radius 3 is 2.39 bits per heavy atom. The van der Waals surface area contributed by atoms with E-state index < -0.39 is 23.3 Å². The number of hydrogen-bond donors (Lipinski definition) is 1. The Morgan fingerprint density at radius 2 is 1.79 bits per heavy atom. The van der Waals surface area contributed by atoms with Gasteiger partial charge in [-0.25, -0.2) is 0 Å². The van der Waals surface area contributed by atoms with E-state index in [0.717, 1.165) is 15.7 Å². The third-order valence-corrected chi connectivity index (χ3v) is 4.92. The zero-order valence-electron chi connectivity index (χ0n) is 15.9. The predicted molar refractivity (Wildman–Crippen MR) is 107 cm³/mol. The molecule has 0 spiro atoms. The van der Waals surface area contributed by atoms with Crippen LogP contribution in [0.5, 0.6) is 5.88 Å². The van der Waals surface area contributed by atoms with Gasteiger partial charge in [-0.15, -0.1) is 0 Å². The minimum Gasteiger partial charge on any atom is -0.494 e. The van der Waals surface area contributed by atoms with E-state index in [1.165, 1.54) is 6.92 Å². The first-order valence-corrected chi connectivity index (χ1v) is 8.91. The van der Waals surface area contributed by atoms with Crippen LogP contribution < -0.4 is 5.56 Å². The lowest BCUT2D eigenvalue weighted by Gasteiger charge is -2.21. The van der Waals surface area contributed by atoms with Crippen LogP contribution >= 0.6 is 0 Å². The van der Waals surface area contributed by atoms with Gasteiger partial charge in [0.25, 0.3) is 5.56 Å². The molecular formula is C23H20N2O3. The number of nitrogens with zero attached hydrogens (tertiary/aromatic N) is 2. The van der Waals surface area contributed by atoms with Gasteiger partial charge in [0.05, 0.1) is 11.6 Å². The number of ketones is 1. The third-order valence-electron chi connectivity index (χ3n) is 4.92. The van der Waals surface area contributed by atoms with Crippen LogP contribution in [0.15, 0.2) is 59.4 Å². The Labute approximate surface area is 163 Å². The van der Waals surface area contributed by atoms with Gasteiger partial charge in [-0.2, -0.15) is 5.26 Å². The van der Waals surface area contributed by atoms with Gasteiger partial charge in [0.2, 0.25) is 5.88 Å². The van der Waals surface area contributed by atoms with Gasteiger partial charge in [-0.05, 0) is 38.0 Å². The summed E-state index contributed by atoms with van der Waals surface area (Å²) < 4.78 is 1.11. The van der Waals surface area contributed by atoms with Crippen LogP contribution in [0.25, 0.3) is 0 Å². The van der Waals surface area contributed by atoms with Crippen molar-refractivity contribution >= 4 is 5.78 Å². The second kappa shape index (κ2) is 7.53. The van der Waals surface area contributed by atoms with Crippen LogP contribution in [0.2, 0.25) is 0 Å². The second-order valence-electron chi connectivity index (χ2n) is 6.77. The smallest absolute Gasteiger partial charge is 0.272 e. The number of aromatic hydroxyl groups is 1.